The van der Waals surface area contributed by atoms with Crippen molar-refractivity contribution in [2.24, 2.45) is 7.05 Å². The van der Waals surface area contributed by atoms with Crippen LogP contribution in [0.2, 0.25) is 0 Å². The molecule has 10 heteroatoms. The Bertz CT molecular complexity index is 1100. The molecular weight excluding hydrogens is 422 g/mol. The summed E-state index contributed by atoms with van der Waals surface area (Å²) in [5, 5.41) is 4.23. The summed E-state index contributed by atoms with van der Waals surface area (Å²) in [4.78, 5) is 36.3. The number of hydrogen-bond donors (Lipinski definition) is 1. The molecule has 0 bridgehead atoms. The number of benzene rings is 1. The van der Waals surface area contributed by atoms with Crippen LogP contribution in [0.5, 0.6) is 5.75 Å². The summed E-state index contributed by atoms with van der Waals surface area (Å²) in [6.45, 7) is 2.37. The molecule has 0 radical (unpaired) electrons. The van der Waals surface area contributed by atoms with E-state index in [4.69, 9.17) is 4.74 Å². The number of carbonyl (C=O) groups excluding carboxylic acids is 1. The van der Waals surface area contributed by atoms with Crippen LogP contribution < -0.4 is 20.5 Å². The van der Waals surface area contributed by atoms with Crippen LogP contribution in [0.25, 0.3) is 10.3 Å². The van der Waals surface area contributed by atoms with E-state index >= 15 is 0 Å². The lowest BCUT2D eigenvalue weighted by molar-refractivity contribution is -0.118. The molecule has 1 amide bonds. The third-order valence-electron chi connectivity index (χ3n) is 4.94. The largest absolute Gasteiger partial charge is 0.497 e. The number of carbonyl (C=O) groups is 1. The van der Waals surface area contributed by atoms with Gasteiger partial charge in [0.1, 0.15) is 10.4 Å². The first-order valence-corrected chi connectivity index (χ1v) is 11.5. The number of nitrogens with one attached hydrogen (secondary N) is 1. The summed E-state index contributed by atoms with van der Waals surface area (Å²) in [5.41, 5.74) is 1.33. The van der Waals surface area contributed by atoms with E-state index in [9.17, 15) is 9.59 Å². The highest BCUT2D eigenvalue weighted by Crippen LogP contribution is 2.29. The van der Waals surface area contributed by atoms with Gasteiger partial charge >= 0.3 is 0 Å². The van der Waals surface area contributed by atoms with Crippen LogP contribution in [0, 0.1) is 0 Å². The normalized spacial score (nSPS) is 13.7. The molecule has 8 nitrogen and oxygen atoms in total. The fraction of sp³-hybridized carbons (Fsp3) is 0.400. The van der Waals surface area contributed by atoms with Crippen molar-refractivity contribution >= 4 is 44.5 Å². The van der Waals surface area contributed by atoms with E-state index in [-0.39, 0.29) is 17.2 Å². The van der Waals surface area contributed by atoms with Gasteiger partial charge in [0.2, 0.25) is 5.91 Å². The highest BCUT2D eigenvalue weighted by Gasteiger charge is 2.20. The third-order valence-corrected chi connectivity index (χ3v) is 7.07. The zero-order chi connectivity index (χ0) is 21.1. The molecule has 1 saturated heterocycles. The molecule has 3 aromatic rings. The highest BCUT2D eigenvalue weighted by molar-refractivity contribution is 7.99. The summed E-state index contributed by atoms with van der Waals surface area (Å²) >= 11 is 2.64. The summed E-state index contributed by atoms with van der Waals surface area (Å²) in [6.07, 6.45) is 2.29. The van der Waals surface area contributed by atoms with Crippen molar-refractivity contribution in [3.8, 4) is 5.75 Å². The van der Waals surface area contributed by atoms with E-state index < -0.39 is 0 Å². The average Bonchev–Trinajstić information content (AvgIpc) is 3.44. The van der Waals surface area contributed by atoms with Gasteiger partial charge in [0.25, 0.3) is 5.56 Å². The van der Waals surface area contributed by atoms with Crippen LogP contribution in [0.1, 0.15) is 18.4 Å². The Kier molecular flexibility index (Phi) is 6.24. The van der Waals surface area contributed by atoms with Gasteiger partial charge in [0.15, 0.2) is 15.9 Å². The first-order chi connectivity index (χ1) is 14.5. The number of amides is 1. The van der Waals surface area contributed by atoms with Gasteiger partial charge in [-0.05, 0) is 30.5 Å². The SMILES string of the molecule is COc1ccc(CNC(=O)CSc2nc3nc(N4CCCC4)sc3c(=O)n2C)cc1. The van der Waals surface area contributed by atoms with Gasteiger partial charge in [0, 0.05) is 26.7 Å². The van der Waals surface area contributed by atoms with Gasteiger partial charge in [-0.25, -0.2) is 4.98 Å². The lowest BCUT2D eigenvalue weighted by atomic mass is 10.2. The second kappa shape index (κ2) is 9.05. The van der Waals surface area contributed by atoms with E-state index in [1.54, 1.807) is 14.2 Å². The average molecular weight is 446 g/mol. The Morgan fingerprint density at radius 2 is 1.97 bits per heavy atom. The van der Waals surface area contributed by atoms with E-state index in [0.29, 0.717) is 22.0 Å². The van der Waals surface area contributed by atoms with Crippen LogP contribution in [0.3, 0.4) is 0 Å². The Morgan fingerprint density at radius 3 is 2.67 bits per heavy atom. The van der Waals surface area contributed by atoms with Crippen molar-refractivity contribution in [1.82, 2.24) is 19.9 Å². The summed E-state index contributed by atoms with van der Waals surface area (Å²) in [6, 6.07) is 7.53. The maximum Gasteiger partial charge on any atom is 0.273 e. The maximum absolute atomic E-state index is 12.7. The second-order valence-corrected chi connectivity index (χ2v) is 8.94. The molecule has 1 aliphatic heterocycles. The minimum atomic E-state index is -0.124. The number of ether oxygens (including phenoxy) is 1. The van der Waals surface area contributed by atoms with Crippen LogP contribution in [-0.4, -0.2) is 46.4 Å². The number of nitrogens with zero attached hydrogens (tertiary/aromatic N) is 4. The molecule has 0 aliphatic carbocycles. The molecule has 0 spiro atoms. The van der Waals surface area contributed by atoms with Crippen LogP contribution in [0.15, 0.2) is 34.2 Å². The van der Waals surface area contributed by atoms with Crippen molar-refractivity contribution in [2.75, 3.05) is 30.9 Å². The van der Waals surface area contributed by atoms with Crippen molar-refractivity contribution in [3.63, 3.8) is 0 Å². The molecule has 0 saturated carbocycles. The number of anilines is 1. The lowest BCUT2D eigenvalue weighted by Crippen LogP contribution is -2.25. The van der Waals surface area contributed by atoms with Gasteiger partial charge in [-0.1, -0.05) is 35.2 Å². The van der Waals surface area contributed by atoms with Crippen molar-refractivity contribution < 1.29 is 9.53 Å². The predicted molar refractivity (Wildman–Crippen MR) is 120 cm³/mol. The van der Waals surface area contributed by atoms with Crippen LogP contribution >= 0.6 is 23.1 Å². The molecule has 1 fully saturated rings. The first kappa shape index (κ1) is 20.7. The number of aromatic nitrogens is 3. The zero-order valence-electron chi connectivity index (χ0n) is 16.9. The van der Waals surface area contributed by atoms with Gasteiger partial charge in [-0.2, -0.15) is 4.98 Å². The van der Waals surface area contributed by atoms with Crippen LogP contribution in [0.4, 0.5) is 5.13 Å². The predicted octanol–water partition coefficient (Wildman–Crippen LogP) is 2.41. The zero-order valence-corrected chi connectivity index (χ0v) is 18.5. The maximum atomic E-state index is 12.7. The Labute approximate surface area is 182 Å². The molecule has 2 aromatic heterocycles. The molecular formula is C20H23N5O3S2. The lowest BCUT2D eigenvalue weighted by Gasteiger charge is -2.11. The van der Waals surface area contributed by atoms with E-state index in [1.165, 1.54) is 27.7 Å². The molecule has 158 valence electrons. The summed E-state index contributed by atoms with van der Waals surface area (Å²) < 4.78 is 7.19. The number of fused-ring (bicyclic) bond motifs is 1. The fourth-order valence-corrected chi connectivity index (χ4v) is 5.04. The number of hydrogen-bond acceptors (Lipinski definition) is 8. The number of rotatable bonds is 7. The monoisotopic (exact) mass is 445 g/mol. The summed E-state index contributed by atoms with van der Waals surface area (Å²) in [5.74, 6) is 0.824. The fourth-order valence-electron chi connectivity index (χ4n) is 3.22. The van der Waals surface area contributed by atoms with Crippen LogP contribution in [-0.2, 0) is 18.4 Å². The highest BCUT2D eigenvalue weighted by atomic mass is 32.2. The molecule has 3 heterocycles. The van der Waals surface area contributed by atoms with Crippen molar-refractivity contribution in [3.05, 3.63) is 40.2 Å². The molecule has 1 aliphatic rings. The Balaban J connectivity index is 1.40. The number of methoxy groups -OCH3 is 1. The molecule has 30 heavy (non-hydrogen) atoms. The minimum Gasteiger partial charge on any atom is -0.497 e. The van der Waals surface area contributed by atoms with Gasteiger partial charge in [-0.3, -0.25) is 14.2 Å². The van der Waals surface area contributed by atoms with E-state index in [0.717, 1.165) is 42.4 Å². The third kappa shape index (κ3) is 4.44. The Hall–Kier alpha value is -2.59. The van der Waals surface area contributed by atoms with Gasteiger partial charge in [-0.15, -0.1) is 0 Å². The molecule has 0 unspecified atom stereocenters. The van der Waals surface area contributed by atoms with Gasteiger partial charge in [0.05, 0.1) is 12.9 Å². The van der Waals surface area contributed by atoms with Crippen molar-refractivity contribution in [1.29, 1.82) is 0 Å². The standard InChI is InChI=1S/C20H23N5O3S2/c1-24-18(27)16-17(23-20(30-16)25-9-3-4-10-25)22-19(24)29-12-15(26)21-11-13-5-7-14(28-2)8-6-13/h5-8H,3-4,9-12H2,1-2H3,(H,21,26). The number of thioether (sulfide) groups is 1. The first-order valence-electron chi connectivity index (χ1n) is 9.70. The minimum absolute atomic E-state index is 0.121. The second-order valence-electron chi connectivity index (χ2n) is 7.02. The summed E-state index contributed by atoms with van der Waals surface area (Å²) in [7, 11) is 3.30. The molecule has 1 N–H and O–H groups in total. The quantitative estimate of drug-likeness (QED) is 0.441. The molecule has 0 atom stereocenters. The number of thiazole rings is 1. The van der Waals surface area contributed by atoms with E-state index in [2.05, 4.69) is 20.2 Å². The Morgan fingerprint density at radius 1 is 1.23 bits per heavy atom. The molecule has 4 rings (SSSR count). The van der Waals surface area contributed by atoms with E-state index in [1.807, 2.05) is 24.3 Å². The smallest absolute Gasteiger partial charge is 0.273 e. The molecule has 1 aromatic carbocycles. The van der Waals surface area contributed by atoms with Crippen molar-refractivity contribution in [2.45, 2.75) is 24.5 Å². The topological polar surface area (TPSA) is 89.3 Å². The van der Waals surface area contributed by atoms with Gasteiger partial charge < -0.3 is 15.0 Å².